The van der Waals surface area contributed by atoms with Crippen molar-refractivity contribution in [3.8, 4) is 17.1 Å². The summed E-state index contributed by atoms with van der Waals surface area (Å²) >= 11 is 1.60. The molecular formula is C16H21N3O2S. The third-order valence-corrected chi connectivity index (χ3v) is 4.30. The van der Waals surface area contributed by atoms with Gasteiger partial charge in [0.15, 0.2) is 0 Å². The lowest BCUT2D eigenvalue weighted by molar-refractivity contribution is -0.130. The van der Waals surface area contributed by atoms with E-state index in [1.54, 1.807) is 31.6 Å². The Morgan fingerprint density at radius 3 is 2.86 bits per heavy atom. The number of carbonyl (C=O) groups excluding carboxylic acids is 1. The van der Waals surface area contributed by atoms with Crippen LogP contribution in [0.1, 0.15) is 25.8 Å². The molecule has 0 N–H and O–H groups in total. The molecule has 0 fully saturated rings. The van der Waals surface area contributed by atoms with E-state index < -0.39 is 0 Å². The van der Waals surface area contributed by atoms with Crippen molar-refractivity contribution in [2.24, 2.45) is 0 Å². The zero-order chi connectivity index (χ0) is 16.1. The molecule has 6 heteroatoms. The van der Waals surface area contributed by atoms with Crippen LogP contribution in [0.5, 0.6) is 5.88 Å². The topological polar surface area (TPSA) is 55.3 Å². The van der Waals surface area contributed by atoms with Crippen LogP contribution in [0.2, 0.25) is 0 Å². The van der Waals surface area contributed by atoms with Gasteiger partial charge in [-0.25, -0.2) is 9.97 Å². The SMILES string of the molecule is COc1ncccc1-c1csc(CCN(C(C)=O)C(C)C)n1. The molecule has 0 radical (unpaired) electrons. The first-order valence-corrected chi connectivity index (χ1v) is 8.12. The first kappa shape index (κ1) is 16.4. The molecule has 2 rings (SSSR count). The second-order valence-electron chi connectivity index (χ2n) is 5.24. The highest BCUT2D eigenvalue weighted by Gasteiger charge is 2.14. The highest BCUT2D eigenvalue weighted by molar-refractivity contribution is 7.09. The van der Waals surface area contributed by atoms with Crippen LogP contribution in [-0.4, -0.2) is 40.5 Å². The predicted molar refractivity (Wildman–Crippen MR) is 88.1 cm³/mol. The Morgan fingerprint density at radius 2 is 2.23 bits per heavy atom. The summed E-state index contributed by atoms with van der Waals surface area (Å²) < 4.78 is 5.27. The van der Waals surface area contributed by atoms with E-state index in [9.17, 15) is 4.79 Å². The lowest BCUT2D eigenvalue weighted by Crippen LogP contribution is -2.36. The van der Waals surface area contributed by atoms with Gasteiger partial charge in [-0.1, -0.05) is 0 Å². The molecular weight excluding hydrogens is 298 g/mol. The number of ether oxygens (including phenoxy) is 1. The lowest BCUT2D eigenvalue weighted by Gasteiger charge is -2.24. The van der Waals surface area contributed by atoms with Crippen LogP contribution < -0.4 is 4.74 Å². The Labute approximate surface area is 135 Å². The van der Waals surface area contributed by atoms with Gasteiger partial charge in [-0.05, 0) is 26.0 Å². The third-order valence-electron chi connectivity index (χ3n) is 3.39. The summed E-state index contributed by atoms with van der Waals surface area (Å²) in [5.41, 5.74) is 1.75. The number of hydrogen-bond acceptors (Lipinski definition) is 5. The smallest absolute Gasteiger partial charge is 0.222 e. The highest BCUT2D eigenvalue weighted by atomic mass is 32.1. The first-order chi connectivity index (χ1) is 10.5. The second-order valence-corrected chi connectivity index (χ2v) is 6.19. The molecule has 2 aromatic rings. The quantitative estimate of drug-likeness (QED) is 0.821. The van der Waals surface area contributed by atoms with E-state index >= 15 is 0 Å². The summed E-state index contributed by atoms with van der Waals surface area (Å²) in [7, 11) is 1.60. The largest absolute Gasteiger partial charge is 0.481 e. The monoisotopic (exact) mass is 319 g/mol. The molecule has 118 valence electrons. The number of thiazole rings is 1. The van der Waals surface area contributed by atoms with Crippen molar-refractivity contribution in [3.05, 3.63) is 28.7 Å². The van der Waals surface area contributed by atoms with E-state index in [2.05, 4.69) is 9.97 Å². The van der Waals surface area contributed by atoms with Gasteiger partial charge >= 0.3 is 0 Å². The van der Waals surface area contributed by atoms with E-state index in [1.807, 2.05) is 36.3 Å². The molecule has 0 saturated carbocycles. The number of aromatic nitrogens is 2. The van der Waals surface area contributed by atoms with Crippen LogP contribution in [0.3, 0.4) is 0 Å². The summed E-state index contributed by atoms with van der Waals surface area (Å²) in [6, 6.07) is 4.02. The minimum absolute atomic E-state index is 0.0979. The fraction of sp³-hybridized carbons (Fsp3) is 0.438. The molecule has 0 spiro atoms. The van der Waals surface area contributed by atoms with Crippen molar-refractivity contribution in [1.82, 2.24) is 14.9 Å². The van der Waals surface area contributed by atoms with E-state index in [0.29, 0.717) is 12.4 Å². The van der Waals surface area contributed by atoms with Gasteiger partial charge in [0.25, 0.3) is 0 Å². The maximum Gasteiger partial charge on any atom is 0.222 e. The van der Waals surface area contributed by atoms with Crippen molar-refractivity contribution in [3.63, 3.8) is 0 Å². The standard InChI is InChI=1S/C16H21N3O2S/c1-11(2)19(12(3)20)9-7-15-18-14(10-22-15)13-6-5-8-17-16(13)21-4/h5-6,8,10-11H,7,9H2,1-4H3. The van der Waals surface area contributed by atoms with Crippen molar-refractivity contribution >= 4 is 17.2 Å². The van der Waals surface area contributed by atoms with Gasteiger partial charge in [-0.15, -0.1) is 11.3 Å². The molecule has 0 bridgehead atoms. The van der Waals surface area contributed by atoms with Crippen LogP contribution >= 0.6 is 11.3 Å². The zero-order valence-electron chi connectivity index (χ0n) is 13.4. The summed E-state index contributed by atoms with van der Waals surface area (Å²) in [4.78, 5) is 22.3. The minimum atomic E-state index is 0.0979. The molecule has 0 atom stereocenters. The molecule has 0 saturated heterocycles. The van der Waals surface area contributed by atoms with Gasteiger partial charge in [0, 0.05) is 37.5 Å². The fourth-order valence-corrected chi connectivity index (χ4v) is 3.08. The third kappa shape index (κ3) is 3.82. The summed E-state index contributed by atoms with van der Waals surface area (Å²) in [5, 5.41) is 3.01. The van der Waals surface area contributed by atoms with E-state index in [1.165, 1.54) is 0 Å². The highest BCUT2D eigenvalue weighted by Crippen LogP contribution is 2.28. The van der Waals surface area contributed by atoms with Crippen LogP contribution in [0, 0.1) is 0 Å². The summed E-state index contributed by atoms with van der Waals surface area (Å²) in [5.74, 6) is 0.674. The average molecular weight is 319 g/mol. The van der Waals surface area contributed by atoms with Gasteiger partial charge in [-0.2, -0.15) is 0 Å². The number of hydrogen-bond donors (Lipinski definition) is 0. The van der Waals surface area contributed by atoms with E-state index in [-0.39, 0.29) is 11.9 Å². The molecule has 0 aromatic carbocycles. The van der Waals surface area contributed by atoms with Gasteiger partial charge < -0.3 is 9.64 Å². The van der Waals surface area contributed by atoms with Crippen molar-refractivity contribution < 1.29 is 9.53 Å². The number of pyridine rings is 1. The molecule has 1 amide bonds. The molecule has 0 unspecified atom stereocenters. The normalized spacial score (nSPS) is 10.8. The van der Waals surface area contributed by atoms with Crippen molar-refractivity contribution in [2.45, 2.75) is 33.2 Å². The Kier molecular flexibility index (Phi) is 5.49. The molecule has 22 heavy (non-hydrogen) atoms. The maximum absolute atomic E-state index is 11.6. The zero-order valence-corrected chi connectivity index (χ0v) is 14.2. The van der Waals surface area contributed by atoms with Gasteiger partial charge in [0.05, 0.1) is 23.4 Å². The molecule has 5 nitrogen and oxygen atoms in total. The van der Waals surface area contributed by atoms with Gasteiger partial charge in [0.2, 0.25) is 11.8 Å². The minimum Gasteiger partial charge on any atom is -0.481 e. The number of nitrogens with zero attached hydrogens (tertiary/aromatic N) is 3. The molecule has 0 aliphatic carbocycles. The Hall–Kier alpha value is -1.95. The van der Waals surface area contributed by atoms with Gasteiger partial charge in [0.1, 0.15) is 0 Å². The van der Waals surface area contributed by atoms with Crippen LogP contribution in [-0.2, 0) is 11.2 Å². The number of amides is 1. The first-order valence-electron chi connectivity index (χ1n) is 7.24. The summed E-state index contributed by atoms with van der Waals surface area (Å²) in [6.45, 7) is 6.34. The van der Waals surface area contributed by atoms with Gasteiger partial charge in [-0.3, -0.25) is 4.79 Å². The second kappa shape index (κ2) is 7.35. The Morgan fingerprint density at radius 1 is 1.45 bits per heavy atom. The molecule has 2 aromatic heterocycles. The van der Waals surface area contributed by atoms with E-state index in [4.69, 9.17) is 4.74 Å². The van der Waals surface area contributed by atoms with Crippen molar-refractivity contribution in [1.29, 1.82) is 0 Å². The number of carbonyl (C=O) groups is 1. The Balaban J connectivity index is 2.10. The molecule has 2 heterocycles. The Bertz CT molecular complexity index is 640. The number of methoxy groups -OCH3 is 1. The lowest BCUT2D eigenvalue weighted by atomic mass is 10.2. The fourth-order valence-electron chi connectivity index (χ4n) is 2.29. The van der Waals surface area contributed by atoms with Crippen molar-refractivity contribution in [2.75, 3.05) is 13.7 Å². The maximum atomic E-state index is 11.6. The van der Waals surface area contributed by atoms with Crippen LogP contribution in [0.25, 0.3) is 11.3 Å². The summed E-state index contributed by atoms with van der Waals surface area (Å²) in [6.07, 6.45) is 2.45. The molecule has 0 aliphatic heterocycles. The van der Waals surface area contributed by atoms with E-state index in [0.717, 1.165) is 22.7 Å². The van der Waals surface area contributed by atoms with Crippen LogP contribution in [0.15, 0.2) is 23.7 Å². The van der Waals surface area contributed by atoms with Crippen LogP contribution in [0.4, 0.5) is 0 Å². The number of rotatable bonds is 6. The average Bonchev–Trinajstić information content (AvgIpc) is 2.95. The predicted octanol–water partition coefficient (Wildman–Crippen LogP) is 3.01. The molecule has 0 aliphatic rings.